The summed E-state index contributed by atoms with van der Waals surface area (Å²) in [6.45, 7) is 4.17. The second-order valence-corrected chi connectivity index (χ2v) is 6.02. The van der Waals surface area contributed by atoms with Gasteiger partial charge in [-0.2, -0.15) is 0 Å². The summed E-state index contributed by atoms with van der Waals surface area (Å²) < 4.78 is 0.724. The lowest BCUT2D eigenvalue weighted by Crippen LogP contribution is -2.13. The minimum Gasteiger partial charge on any atom is -0.507 e. The van der Waals surface area contributed by atoms with Gasteiger partial charge >= 0.3 is 0 Å². The number of nitrogens with one attached hydrogen (secondary N) is 1. The van der Waals surface area contributed by atoms with Crippen molar-refractivity contribution >= 4 is 34.2 Å². The highest BCUT2D eigenvalue weighted by Crippen LogP contribution is 2.25. The summed E-state index contributed by atoms with van der Waals surface area (Å²) in [4.78, 5) is 12.2. The van der Waals surface area contributed by atoms with Crippen LogP contribution in [0.2, 0.25) is 0 Å². The Labute approximate surface area is 132 Å². The van der Waals surface area contributed by atoms with Crippen molar-refractivity contribution in [3.8, 4) is 5.75 Å². The van der Waals surface area contributed by atoms with E-state index >= 15 is 0 Å². The van der Waals surface area contributed by atoms with Gasteiger partial charge in [-0.25, -0.2) is 0 Å². The third-order valence-corrected chi connectivity index (χ3v) is 3.95. The van der Waals surface area contributed by atoms with Crippen molar-refractivity contribution in [2.75, 3.05) is 5.32 Å². The van der Waals surface area contributed by atoms with Crippen LogP contribution in [-0.4, -0.2) is 11.0 Å². The van der Waals surface area contributed by atoms with E-state index in [4.69, 9.17) is 0 Å². The number of hydrogen-bond donors (Lipinski definition) is 2. The number of aromatic hydroxyl groups is 1. The molecule has 20 heavy (non-hydrogen) atoms. The molecule has 4 heteroatoms. The predicted molar refractivity (Wildman–Crippen MR) is 89.3 cm³/mol. The van der Waals surface area contributed by atoms with E-state index in [1.807, 2.05) is 46.9 Å². The van der Waals surface area contributed by atoms with E-state index in [1.165, 1.54) is 6.07 Å². The van der Waals surface area contributed by atoms with E-state index in [2.05, 4.69) is 19.2 Å². The highest BCUT2D eigenvalue weighted by Gasteiger charge is 2.12. The van der Waals surface area contributed by atoms with Gasteiger partial charge in [-0.15, -0.1) is 0 Å². The molecule has 0 heterocycles. The van der Waals surface area contributed by atoms with Crippen LogP contribution in [0, 0.1) is 3.57 Å². The quantitative estimate of drug-likeness (QED) is 0.776. The first-order valence-corrected chi connectivity index (χ1v) is 7.45. The van der Waals surface area contributed by atoms with Gasteiger partial charge < -0.3 is 10.4 Å². The maximum absolute atomic E-state index is 12.2. The molecule has 0 bridgehead atoms. The van der Waals surface area contributed by atoms with Crippen molar-refractivity contribution in [1.82, 2.24) is 0 Å². The molecule has 2 aromatic carbocycles. The molecule has 0 atom stereocenters. The molecular formula is C16H16INO2. The first kappa shape index (κ1) is 14.8. The van der Waals surface area contributed by atoms with E-state index in [9.17, 15) is 9.90 Å². The van der Waals surface area contributed by atoms with Crippen LogP contribution in [0.25, 0.3) is 0 Å². The lowest BCUT2D eigenvalue weighted by atomic mass is 10.0. The Bertz CT molecular complexity index is 638. The topological polar surface area (TPSA) is 49.3 Å². The van der Waals surface area contributed by atoms with Crippen molar-refractivity contribution in [3.05, 3.63) is 57.2 Å². The van der Waals surface area contributed by atoms with Crippen molar-refractivity contribution in [3.63, 3.8) is 0 Å². The van der Waals surface area contributed by atoms with Gasteiger partial charge in [-0.1, -0.05) is 32.0 Å². The third kappa shape index (κ3) is 3.30. The number of carbonyl (C=O) groups is 1. The molecule has 0 fully saturated rings. The average molecular weight is 381 g/mol. The van der Waals surface area contributed by atoms with Crippen LogP contribution in [0.5, 0.6) is 5.75 Å². The Balaban J connectivity index is 2.26. The maximum atomic E-state index is 12.2. The lowest BCUT2D eigenvalue weighted by Gasteiger charge is -2.13. The van der Waals surface area contributed by atoms with Crippen LogP contribution in [0.1, 0.15) is 35.7 Å². The van der Waals surface area contributed by atoms with Gasteiger partial charge in [0.15, 0.2) is 0 Å². The summed E-state index contributed by atoms with van der Waals surface area (Å²) in [5.74, 6) is 0.233. The van der Waals surface area contributed by atoms with Gasteiger partial charge in [0, 0.05) is 11.3 Å². The Hall–Kier alpha value is -1.56. The number of phenolic OH excluding ortho intramolecular Hbond substituents is 1. The maximum Gasteiger partial charge on any atom is 0.255 e. The van der Waals surface area contributed by atoms with Crippen LogP contribution in [0.15, 0.2) is 42.5 Å². The van der Waals surface area contributed by atoms with E-state index in [0.717, 1.165) is 14.8 Å². The van der Waals surface area contributed by atoms with Crippen molar-refractivity contribution < 1.29 is 9.90 Å². The van der Waals surface area contributed by atoms with E-state index in [0.29, 0.717) is 11.5 Å². The fourth-order valence-electron chi connectivity index (χ4n) is 1.96. The largest absolute Gasteiger partial charge is 0.507 e. The minimum absolute atomic E-state index is 0.121. The second kappa shape index (κ2) is 6.26. The summed E-state index contributed by atoms with van der Waals surface area (Å²) in [7, 11) is 0. The Morgan fingerprint density at radius 3 is 2.55 bits per heavy atom. The predicted octanol–water partition coefficient (Wildman–Crippen LogP) is 4.37. The zero-order chi connectivity index (χ0) is 14.7. The Morgan fingerprint density at radius 2 is 1.90 bits per heavy atom. The molecule has 2 rings (SSSR count). The van der Waals surface area contributed by atoms with E-state index in [-0.39, 0.29) is 11.7 Å². The van der Waals surface area contributed by atoms with Gasteiger partial charge in [0.1, 0.15) is 5.75 Å². The van der Waals surface area contributed by atoms with Gasteiger partial charge in [0.2, 0.25) is 0 Å². The molecule has 0 aliphatic carbocycles. The number of halogens is 1. The monoisotopic (exact) mass is 381 g/mol. The van der Waals surface area contributed by atoms with Gasteiger partial charge in [0.25, 0.3) is 5.91 Å². The van der Waals surface area contributed by atoms with Gasteiger partial charge in [0.05, 0.1) is 3.57 Å². The van der Waals surface area contributed by atoms with Crippen molar-refractivity contribution in [1.29, 1.82) is 0 Å². The summed E-state index contributed by atoms with van der Waals surface area (Å²) in [5, 5.41) is 12.6. The zero-order valence-electron chi connectivity index (χ0n) is 11.4. The number of rotatable bonds is 3. The van der Waals surface area contributed by atoms with Gasteiger partial charge in [-0.05, 0) is 58.3 Å². The molecule has 3 nitrogen and oxygen atoms in total. The van der Waals surface area contributed by atoms with E-state index in [1.54, 1.807) is 12.1 Å². The molecule has 104 valence electrons. The molecule has 0 saturated heterocycles. The number of hydrogen-bond acceptors (Lipinski definition) is 2. The normalized spacial score (nSPS) is 10.6. The molecule has 0 aliphatic heterocycles. The number of carbonyl (C=O) groups excluding carboxylic acids is 1. The first-order valence-electron chi connectivity index (χ1n) is 6.38. The molecule has 0 unspecified atom stereocenters. The third-order valence-electron chi connectivity index (χ3n) is 3.04. The van der Waals surface area contributed by atoms with Crippen LogP contribution >= 0.6 is 22.6 Å². The summed E-state index contributed by atoms with van der Waals surface area (Å²) in [5.41, 5.74) is 2.35. The smallest absolute Gasteiger partial charge is 0.255 e. The fraction of sp³-hybridized carbons (Fsp3) is 0.188. The van der Waals surface area contributed by atoms with E-state index < -0.39 is 0 Å². The molecular weight excluding hydrogens is 365 g/mol. The molecule has 0 radical (unpaired) electrons. The van der Waals surface area contributed by atoms with Crippen LogP contribution in [-0.2, 0) is 0 Å². The minimum atomic E-state index is -0.218. The zero-order valence-corrected chi connectivity index (χ0v) is 13.5. The summed E-state index contributed by atoms with van der Waals surface area (Å²) >= 11 is 2.02. The average Bonchev–Trinajstić information content (AvgIpc) is 2.42. The number of benzene rings is 2. The molecule has 0 aliphatic rings. The summed E-state index contributed by atoms with van der Waals surface area (Å²) in [6, 6.07) is 12.7. The molecule has 0 aromatic heterocycles. The van der Waals surface area contributed by atoms with Crippen molar-refractivity contribution in [2.45, 2.75) is 19.8 Å². The standard InChI is InChI=1S/C16H16INO2/c1-10(2)12-5-3-4-6-14(12)18-16(20)11-7-8-13(17)15(19)9-11/h3-10,19H,1-2H3,(H,18,20). The van der Waals surface area contributed by atoms with Crippen LogP contribution in [0.4, 0.5) is 5.69 Å². The number of anilines is 1. The Morgan fingerprint density at radius 1 is 1.20 bits per heavy atom. The van der Waals surface area contributed by atoms with Gasteiger partial charge in [-0.3, -0.25) is 4.79 Å². The highest BCUT2D eigenvalue weighted by atomic mass is 127. The molecule has 2 aromatic rings. The Kier molecular flexibility index (Phi) is 4.65. The fourth-order valence-corrected chi connectivity index (χ4v) is 2.30. The number of amides is 1. The first-order chi connectivity index (χ1) is 9.49. The summed E-state index contributed by atoms with van der Waals surface area (Å²) in [6.07, 6.45) is 0. The molecule has 0 spiro atoms. The number of phenols is 1. The lowest BCUT2D eigenvalue weighted by molar-refractivity contribution is 0.102. The highest BCUT2D eigenvalue weighted by molar-refractivity contribution is 14.1. The molecule has 2 N–H and O–H groups in total. The molecule has 1 amide bonds. The van der Waals surface area contributed by atoms with Crippen LogP contribution < -0.4 is 5.32 Å². The molecule has 0 saturated carbocycles. The van der Waals surface area contributed by atoms with Crippen molar-refractivity contribution in [2.24, 2.45) is 0 Å². The number of para-hydroxylation sites is 1. The SMILES string of the molecule is CC(C)c1ccccc1NC(=O)c1ccc(I)c(O)c1. The van der Waals surface area contributed by atoms with Crippen LogP contribution in [0.3, 0.4) is 0 Å². The second-order valence-electron chi connectivity index (χ2n) is 4.86.